The third-order valence-electron chi connectivity index (χ3n) is 5.50. The van der Waals surface area contributed by atoms with E-state index in [1.54, 1.807) is 18.4 Å². The van der Waals surface area contributed by atoms with Gasteiger partial charge >= 0.3 is 0 Å². The molecule has 1 aromatic carbocycles. The quantitative estimate of drug-likeness (QED) is 0.571. The summed E-state index contributed by atoms with van der Waals surface area (Å²) in [6.45, 7) is 5.74. The molecule has 3 aromatic rings. The topological polar surface area (TPSA) is 85.2 Å². The number of nitrogens with two attached hydrogens (primary N) is 1. The van der Waals surface area contributed by atoms with Crippen molar-refractivity contribution in [2.45, 2.75) is 32.6 Å². The molecule has 154 valence electrons. The zero-order chi connectivity index (χ0) is 21.6. The van der Waals surface area contributed by atoms with Gasteiger partial charge in [0.1, 0.15) is 16.1 Å². The number of H-pyrrole nitrogens is 1. The number of benzene rings is 1. The lowest BCUT2D eigenvalue weighted by Crippen LogP contribution is -2.20. The van der Waals surface area contributed by atoms with Gasteiger partial charge in [-0.1, -0.05) is 44.2 Å². The molecule has 5 nitrogen and oxygen atoms in total. The van der Waals surface area contributed by atoms with E-state index in [0.29, 0.717) is 4.83 Å². The fourth-order valence-electron chi connectivity index (χ4n) is 4.14. The van der Waals surface area contributed by atoms with Crippen LogP contribution in [0.3, 0.4) is 0 Å². The van der Waals surface area contributed by atoms with E-state index < -0.39 is 5.56 Å². The van der Waals surface area contributed by atoms with Gasteiger partial charge < -0.3 is 15.5 Å². The molecule has 0 radical (unpaired) electrons. The number of thiophene rings is 1. The summed E-state index contributed by atoms with van der Waals surface area (Å²) in [4.78, 5) is 29.1. The Morgan fingerprint density at radius 2 is 2.00 bits per heavy atom. The van der Waals surface area contributed by atoms with E-state index in [-0.39, 0.29) is 22.4 Å². The maximum atomic E-state index is 12.4. The molecule has 0 amide bonds. The summed E-state index contributed by atoms with van der Waals surface area (Å²) in [5.74, 6) is 0.491. The molecule has 3 N–H and O–H groups in total. The van der Waals surface area contributed by atoms with Crippen LogP contribution in [0.2, 0.25) is 0 Å². The zero-order valence-electron chi connectivity index (χ0n) is 17.5. The highest BCUT2D eigenvalue weighted by Gasteiger charge is 2.33. The second-order valence-electron chi connectivity index (χ2n) is 8.20. The molecule has 1 aliphatic rings. The van der Waals surface area contributed by atoms with Crippen LogP contribution < -0.4 is 16.0 Å². The van der Waals surface area contributed by atoms with Crippen LogP contribution in [-0.4, -0.2) is 17.9 Å². The van der Waals surface area contributed by atoms with Crippen molar-refractivity contribution in [1.82, 2.24) is 4.98 Å². The van der Waals surface area contributed by atoms with Crippen molar-refractivity contribution in [2.75, 3.05) is 12.8 Å². The lowest BCUT2D eigenvalue weighted by molar-refractivity contribution is 0.101. The standard InChI is InChI=1S/C24H24N2O3S/c1-13(27)18-20(25)19-16-11-14(9-10-15-7-5-6-8-17(15)29-4)12-24(2,3)21(16)30-23(19)26-22(18)28/h5-11H,12H2,1-4H3,(H3,25,26,28)/b10-9+. The fraction of sp³-hybridized carbons (Fsp3) is 0.250. The highest BCUT2D eigenvalue weighted by atomic mass is 32.1. The maximum absolute atomic E-state index is 12.4. The van der Waals surface area contributed by atoms with Crippen LogP contribution >= 0.6 is 11.3 Å². The van der Waals surface area contributed by atoms with Gasteiger partial charge in [-0.3, -0.25) is 9.59 Å². The fourth-order valence-corrected chi connectivity index (χ4v) is 5.43. The monoisotopic (exact) mass is 420 g/mol. The van der Waals surface area contributed by atoms with Crippen molar-refractivity contribution in [1.29, 1.82) is 0 Å². The van der Waals surface area contributed by atoms with E-state index in [1.165, 1.54) is 6.92 Å². The van der Waals surface area contributed by atoms with Crippen LogP contribution in [0.25, 0.3) is 22.4 Å². The van der Waals surface area contributed by atoms with Gasteiger partial charge in [-0.15, -0.1) is 11.3 Å². The molecule has 0 bridgehead atoms. The van der Waals surface area contributed by atoms with Crippen LogP contribution in [0.4, 0.5) is 5.69 Å². The van der Waals surface area contributed by atoms with Gasteiger partial charge in [-0.2, -0.15) is 0 Å². The van der Waals surface area contributed by atoms with Gasteiger partial charge in [-0.25, -0.2) is 0 Å². The smallest absolute Gasteiger partial charge is 0.262 e. The number of para-hydroxylation sites is 1. The Hall–Kier alpha value is -3.12. The number of allylic oxidation sites excluding steroid dienone is 2. The first-order chi connectivity index (χ1) is 14.2. The van der Waals surface area contributed by atoms with Crippen LogP contribution in [0.15, 0.2) is 40.7 Å². The third-order valence-corrected chi connectivity index (χ3v) is 6.98. The maximum Gasteiger partial charge on any atom is 0.262 e. The minimum atomic E-state index is -0.427. The van der Waals surface area contributed by atoms with Crippen molar-refractivity contribution < 1.29 is 9.53 Å². The van der Waals surface area contributed by atoms with Gasteiger partial charge in [0.05, 0.1) is 12.8 Å². The molecule has 6 heteroatoms. The van der Waals surface area contributed by atoms with Crippen LogP contribution in [0.5, 0.6) is 5.75 Å². The minimum absolute atomic E-state index is 0.0333. The zero-order valence-corrected chi connectivity index (χ0v) is 18.3. The molecule has 0 spiro atoms. The molecule has 0 saturated carbocycles. The number of ether oxygens (including phenoxy) is 1. The van der Waals surface area contributed by atoms with Gasteiger partial charge in [0.2, 0.25) is 0 Å². The summed E-state index contributed by atoms with van der Waals surface area (Å²) in [6, 6.07) is 7.87. The van der Waals surface area contributed by atoms with Crippen molar-refractivity contribution in [2.24, 2.45) is 0 Å². The molecule has 0 aliphatic heterocycles. The van der Waals surface area contributed by atoms with Crippen LogP contribution in [0.1, 0.15) is 53.6 Å². The summed E-state index contributed by atoms with van der Waals surface area (Å²) in [5.41, 5.74) is 9.21. The minimum Gasteiger partial charge on any atom is -0.496 e. The van der Waals surface area contributed by atoms with Gasteiger partial charge in [0, 0.05) is 26.8 Å². The third kappa shape index (κ3) is 3.27. The number of carbonyl (C=O) groups excluding carboxylic acids is 1. The summed E-state index contributed by atoms with van der Waals surface area (Å²) in [6.07, 6.45) is 7.11. The van der Waals surface area contributed by atoms with Crippen molar-refractivity contribution in [3.05, 3.63) is 67.8 Å². The number of ketones is 1. The first-order valence-electron chi connectivity index (χ1n) is 9.74. The van der Waals surface area contributed by atoms with E-state index in [9.17, 15) is 9.59 Å². The van der Waals surface area contributed by atoms with E-state index in [2.05, 4.69) is 31.0 Å². The number of aromatic amines is 1. The molecular weight excluding hydrogens is 396 g/mol. The molecule has 1 aliphatic carbocycles. The number of pyridine rings is 1. The molecular formula is C24H24N2O3S. The summed E-state index contributed by atoms with van der Waals surface area (Å²) in [5, 5.41) is 0.760. The predicted molar refractivity (Wildman–Crippen MR) is 125 cm³/mol. The predicted octanol–water partition coefficient (Wildman–Crippen LogP) is 5.16. The Morgan fingerprint density at radius 3 is 2.70 bits per heavy atom. The van der Waals surface area contributed by atoms with Gasteiger partial charge in [-0.05, 0) is 31.1 Å². The SMILES string of the molecule is COc1ccccc1/C=C/C1=Cc2c(sc3[nH]c(=O)c(C(C)=O)c(N)c23)C(C)(C)C1. The molecule has 0 atom stereocenters. The van der Waals surface area contributed by atoms with Crippen LogP contribution in [-0.2, 0) is 5.41 Å². The largest absolute Gasteiger partial charge is 0.496 e. The Labute approximate surface area is 178 Å². The van der Waals surface area contributed by atoms with E-state index in [0.717, 1.165) is 39.1 Å². The van der Waals surface area contributed by atoms with E-state index in [1.807, 2.05) is 30.3 Å². The number of carbonyl (C=O) groups is 1. The van der Waals surface area contributed by atoms with Crippen molar-refractivity contribution in [3.63, 3.8) is 0 Å². The molecule has 4 rings (SSSR count). The Balaban J connectivity index is 1.89. The number of hydrogen-bond acceptors (Lipinski definition) is 5. The molecule has 30 heavy (non-hydrogen) atoms. The number of rotatable bonds is 4. The van der Waals surface area contributed by atoms with E-state index in [4.69, 9.17) is 10.5 Å². The summed E-state index contributed by atoms with van der Waals surface area (Å²) < 4.78 is 5.44. The Kier molecular flexibility index (Phi) is 4.90. The Morgan fingerprint density at radius 1 is 1.27 bits per heavy atom. The number of fused-ring (bicyclic) bond motifs is 3. The normalized spacial score (nSPS) is 15.3. The number of hydrogen-bond donors (Lipinski definition) is 2. The number of methoxy groups -OCH3 is 1. The molecule has 2 aromatic heterocycles. The van der Waals surface area contributed by atoms with Crippen LogP contribution in [0, 0.1) is 0 Å². The average Bonchev–Trinajstić information content (AvgIpc) is 3.05. The summed E-state index contributed by atoms with van der Waals surface area (Å²) >= 11 is 1.54. The molecule has 2 heterocycles. The van der Waals surface area contributed by atoms with Crippen molar-refractivity contribution >= 4 is 45.2 Å². The molecule has 0 saturated heterocycles. The first-order valence-corrected chi connectivity index (χ1v) is 10.6. The van der Waals surface area contributed by atoms with Crippen molar-refractivity contribution in [3.8, 4) is 5.75 Å². The number of nitrogen functional groups attached to an aromatic ring is 1. The number of anilines is 1. The highest BCUT2D eigenvalue weighted by molar-refractivity contribution is 7.19. The highest BCUT2D eigenvalue weighted by Crippen LogP contribution is 2.47. The van der Waals surface area contributed by atoms with Gasteiger partial charge in [0.25, 0.3) is 5.56 Å². The lowest BCUT2D eigenvalue weighted by Gasteiger charge is -2.29. The number of Topliss-reactive ketones (excluding diaryl/α,β-unsaturated/α-hetero) is 1. The lowest BCUT2D eigenvalue weighted by atomic mass is 9.77. The number of nitrogens with one attached hydrogen (secondary N) is 1. The molecule has 0 unspecified atom stereocenters. The average molecular weight is 421 g/mol. The Bertz CT molecular complexity index is 1290. The molecule has 0 fully saturated rings. The van der Waals surface area contributed by atoms with E-state index >= 15 is 0 Å². The number of aromatic nitrogens is 1. The first kappa shape index (κ1) is 20.2. The van der Waals surface area contributed by atoms with Gasteiger partial charge in [0.15, 0.2) is 5.78 Å². The second-order valence-corrected chi connectivity index (χ2v) is 9.22. The summed E-state index contributed by atoms with van der Waals surface area (Å²) in [7, 11) is 1.66. The second kappa shape index (κ2) is 7.29.